The average Bonchev–Trinajstić information content (AvgIpc) is 3.24. The number of hydrogen-bond acceptors (Lipinski definition) is 6. The van der Waals surface area contributed by atoms with Crippen molar-refractivity contribution in [2.24, 2.45) is 0 Å². The molecule has 1 aromatic carbocycles. The molecule has 0 radical (unpaired) electrons. The van der Waals surface area contributed by atoms with Crippen LogP contribution in [0, 0.1) is 0 Å². The normalized spacial score (nSPS) is 10.7. The summed E-state index contributed by atoms with van der Waals surface area (Å²) in [5.74, 6) is 0.181. The Bertz CT molecular complexity index is 815. The van der Waals surface area contributed by atoms with E-state index in [1.54, 1.807) is 29.5 Å². The van der Waals surface area contributed by atoms with Crippen molar-refractivity contribution in [3.8, 4) is 10.6 Å². The predicted octanol–water partition coefficient (Wildman–Crippen LogP) is 5.14. The standard InChI is InChI=1S/C16H12ClNO3S2/c1-22-11-4-5-13(17)12(8-11)16(19)20-9-10-7-14(21-18-10)15-3-2-6-23-15/h2-8H,9H2,1H3. The molecule has 0 fully saturated rings. The van der Waals surface area contributed by atoms with E-state index >= 15 is 0 Å². The van der Waals surface area contributed by atoms with Gasteiger partial charge in [-0.15, -0.1) is 23.1 Å². The van der Waals surface area contributed by atoms with Gasteiger partial charge in [-0.2, -0.15) is 0 Å². The van der Waals surface area contributed by atoms with Gasteiger partial charge in [0.15, 0.2) is 5.76 Å². The second-order valence-corrected chi connectivity index (χ2v) is 6.82. The van der Waals surface area contributed by atoms with Crippen LogP contribution < -0.4 is 0 Å². The first-order chi connectivity index (χ1) is 11.2. The number of thiophene rings is 1. The highest BCUT2D eigenvalue weighted by Crippen LogP contribution is 2.26. The molecule has 2 aromatic heterocycles. The van der Waals surface area contributed by atoms with Crippen molar-refractivity contribution >= 4 is 40.7 Å². The van der Waals surface area contributed by atoms with Crippen molar-refractivity contribution < 1.29 is 14.1 Å². The number of benzene rings is 1. The first kappa shape index (κ1) is 16.1. The molecule has 3 aromatic rings. The lowest BCUT2D eigenvalue weighted by Crippen LogP contribution is -2.06. The molecule has 0 aliphatic rings. The SMILES string of the molecule is CSc1ccc(Cl)c(C(=O)OCc2cc(-c3cccs3)on2)c1. The number of rotatable bonds is 5. The van der Waals surface area contributed by atoms with E-state index < -0.39 is 5.97 Å². The molecule has 118 valence electrons. The second-order valence-electron chi connectivity index (χ2n) is 4.58. The van der Waals surface area contributed by atoms with E-state index in [2.05, 4.69) is 5.16 Å². The van der Waals surface area contributed by atoms with Crippen LogP contribution in [0.15, 0.2) is 51.2 Å². The van der Waals surface area contributed by atoms with Crippen LogP contribution in [0.4, 0.5) is 0 Å². The number of carbonyl (C=O) groups is 1. The average molecular weight is 366 g/mol. The third-order valence-electron chi connectivity index (χ3n) is 3.07. The van der Waals surface area contributed by atoms with Crippen LogP contribution in [-0.2, 0) is 11.3 Å². The molecule has 2 heterocycles. The number of ether oxygens (including phenoxy) is 1. The first-order valence-electron chi connectivity index (χ1n) is 6.67. The van der Waals surface area contributed by atoms with Gasteiger partial charge in [-0.05, 0) is 35.9 Å². The number of carbonyl (C=O) groups excluding carboxylic acids is 1. The minimum Gasteiger partial charge on any atom is -0.455 e. The highest BCUT2D eigenvalue weighted by atomic mass is 35.5. The fourth-order valence-corrected chi connectivity index (χ4v) is 3.23. The number of esters is 1. The number of nitrogens with zero attached hydrogens (tertiary/aromatic N) is 1. The lowest BCUT2D eigenvalue weighted by molar-refractivity contribution is 0.0464. The van der Waals surface area contributed by atoms with Gasteiger partial charge in [0.25, 0.3) is 0 Å². The fourth-order valence-electron chi connectivity index (χ4n) is 1.92. The van der Waals surface area contributed by atoms with Gasteiger partial charge in [0.2, 0.25) is 0 Å². The van der Waals surface area contributed by atoms with Crippen molar-refractivity contribution in [3.63, 3.8) is 0 Å². The Morgan fingerprint density at radius 1 is 1.39 bits per heavy atom. The maximum Gasteiger partial charge on any atom is 0.340 e. The molecule has 0 bridgehead atoms. The molecule has 0 amide bonds. The Morgan fingerprint density at radius 2 is 2.26 bits per heavy atom. The predicted molar refractivity (Wildman–Crippen MR) is 92.2 cm³/mol. The van der Waals surface area contributed by atoms with Gasteiger partial charge in [0.05, 0.1) is 15.5 Å². The number of halogens is 1. The molecule has 0 atom stereocenters. The maximum atomic E-state index is 12.2. The molecular weight excluding hydrogens is 354 g/mol. The van der Waals surface area contributed by atoms with E-state index in [1.165, 1.54) is 11.8 Å². The summed E-state index contributed by atoms with van der Waals surface area (Å²) < 4.78 is 10.5. The van der Waals surface area contributed by atoms with Crippen LogP contribution in [-0.4, -0.2) is 17.4 Å². The highest BCUT2D eigenvalue weighted by molar-refractivity contribution is 7.98. The van der Waals surface area contributed by atoms with E-state index in [4.69, 9.17) is 20.9 Å². The Balaban J connectivity index is 1.67. The van der Waals surface area contributed by atoms with Gasteiger partial charge < -0.3 is 9.26 Å². The number of thioether (sulfide) groups is 1. The topological polar surface area (TPSA) is 52.3 Å². The summed E-state index contributed by atoms with van der Waals surface area (Å²) in [6.45, 7) is 0.0353. The van der Waals surface area contributed by atoms with E-state index in [0.717, 1.165) is 9.77 Å². The molecule has 0 saturated heterocycles. The summed E-state index contributed by atoms with van der Waals surface area (Å²) >= 11 is 9.15. The fraction of sp³-hybridized carbons (Fsp3) is 0.125. The summed E-state index contributed by atoms with van der Waals surface area (Å²) in [4.78, 5) is 14.1. The summed E-state index contributed by atoms with van der Waals surface area (Å²) in [7, 11) is 0. The quantitative estimate of drug-likeness (QED) is 0.463. The zero-order chi connectivity index (χ0) is 16.2. The van der Waals surface area contributed by atoms with Crippen molar-refractivity contribution in [1.82, 2.24) is 5.16 Å². The zero-order valence-corrected chi connectivity index (χ0v) is 14.5. The lowest BCUT2D eigenvalue weighted by atomic mass is 10.2. The minimum absolute atomic E-state index is 0.0353. The Labute approximate surface area is 146 Å². The molecule has 0 saturated carbocycles. The van der Waals surface area contributed by atoms with Crippen molar-refractivity contribution in [1.29, 1.82) is 0 Å². The van der Waals surface area contributed by atoms with Crippen LogP contribution in [0.25, 0.3) is 10.6 Å². The van der Waals surface area contributed by atoms with Crippen LogP contribution in [0.2, 0.25) is 5.02 Å². The number of aromatic nitrogens is 1. The summed E-state index contributed by atoms with van der Waals surface area (Å²) in [5, 5.41) is 6.24. The highest BCUT2D eigenvalue weighted by Gasteiger charge is 2.15. The lowest BCUT2D eigenvalue weighted by Gasteiger charge is -2.06. The van der Waals surface area contributed by atoms with Gasteiger partial charge in [-0.3, -0.25) is 0 Å². The molecule has 0 unspecified atom stereocenters. The molecule has 0 spiro atoms. The third-order valence-corrected chi connectivity index (χ3v) is 5.01. The largest absolute Gasteiger partial charge is 0.455 e. The van der Waals surface area contributed by atoms with E-state index in [-0.39, 0.29) is 6.61 Å². The van der Waals surface area contributed by atoms with Gasteiger partial charge >= 0.3 is 5.97 Å². The molecule has 23 heavy (non-hydrogen) atoms. The van der Waals surface area contributed by atoms with Gasteiger partial charge in [0.1, 0.15) is 12.3 Å². The third kappa shape index (κ3) is 3.77. The van der Waals surface area contributed by atoms with Gasteiger partial charge in [-0.25, -0.2) is 4.79 Å². The minimum atomic E-state index is -0.480. The molecular formula is C16H12ClNO3S2. The Hall–Kier alpha value is -1.76. The maximum absolute atomic E-state index is 12.2. The molecule has 3 rings (SSSR count). The number of hydrogen-bond donors (Lipinski definition) is 0. The van der Waals surface area contributed by atoms with Crippen LogP contribution in [0.5, 0.6) is 0 Å². The van der Waals surface area contributed by atoms with E-state index in [9.17, 15) is 4.79 Å². The molecule has 0 N–H and O–H groups in total. The van der Waals surface area contributed by atoms with Crippen LogP contribution in [0.3, 0.4) is 0 Å². The van der Waals surface area contributed by atoms with E-state index in [1.807, 2.05) is 29.8 Å². The van der Waals surface area contributed by atoms with Crippen LogP contribution in [0.1, 0.15) is 16.1 Å². The molecule has 0 aliphatic heterocycles. The summed E-state index contributed by atoms with van der Waals surface area (Å²) in [5.41, 5.74) is 0.902. The molecule has 4 nitrogen and oxygen atoms in total. The Kier molecular flexibility index (Phi) is 5.05. The van der Waals surface area contributed by atoms with Crippen molar-refractivity contribution in [2.75, 3.05) is 6.26 Å². The second kappa shape index (κ2) is 7.21. The van der Waals surface area contributed by atoms with Gasteiger partial charge in [-0.1, -0.05) is 22.8 Å². The van der Waals surface area contributed by atoms with E-state index in [0.29, 0.717) is 22.0 Å². The smallest absolute Gasteiger partial charge is 0.340 e. The monoisotopic (exact) mass is 365 g/mol. The first-order valence-corrected chi connectivity index (χ1v) is 9.16. The van der Waals surface area contributed by atoms with Crippen LogP contribution >= 0.6 is 34.7 Å². The summed E-state index contributed by atoms with van der Waals surface area (Å²) in [6.07, 6.45) is 1.93. The summed E-state index contributed by atoms with van der Waals surface area (Å²) in [6, 6.07) is 10.9. The zero-order valence-electron chi connectivity index (χ0n) is 12.1. The Morgan fingerprint density at radius 3 is 3.00 bits per heavy atom. The molecule has 7 heteroatoms. The van der Waals surface area contributed by atoms with Crippen molar-refractivity contribution in [2.45, 2.75) is 11.5 Å². The van der Waals surface area contributed by atoms with Crippen molar-refractivity contribution in [3.05, 3.63) is 58.1 Å². The molecule has 0 aliphatic carbocycles. The van der Waals surface area contributed by atoms with Gasteiger partial charge in [0, 0.05) is 11.0 Å².